The van der Waals surface area contributed by atoms with Crippen LogP contribution < -0.4 is 11.1 Å². The van der Waals surface area contributed by atoms with Crippen molar-refractivity contribution in [2.24, 2.45) is 11.1 Å². The number of rotatable bonds is 6. The summed E-state index contributed by atoms with van der Waals surface area (Å²) in [5, 5.41) is 2.94. The molecule has 1 saturated heterocycles. The number of benzene rings is 1. The summed E-state index contributed by atoms with van der Waals surface area (Å²) in [7, 11) is 0. The van der Waals surface area contributed by atoms with Gasteiger partial charge in [-0.3, -0.25) is 4.79 Å². The van der Waals surface area contributed by atoms with Crippen LogP contribution in [0.2, 0.25) is 0 Å². The van der Waals surface area contributed by atoms with Crippen molar-refractivity contribution in [1.82, 2.24) is 4.90 Å². The molecule has 3 N–H and O–H groups in total. The third-order valence-corrected chi connectivity index (χ3v) is 4.11. The van der Waals surface area contributed by atoms with E-state index < -0.39 is 0 Å². The normalized spacial score (nSPS) is 17.9. The molecule has 0 radical (unpaired) electrons. The van der Waals surface area contributed by atoms with Crippen LogP contribution in [0.3, 0.4) is 0 Å². The van der Waals surface area contributed by atoms with E-state index in [9.17, 15) is 4.79 Å². The molecule has 0 spiro atoms. The maximum absolute atomic E-state index is 11.9. The van der Waals surface area contributed by atoms with Crippen LogP contribution >= 0.6 is 0 Å². The Morgan fingerprint density at radius 1 is 1.33 bits per heavy atom. The fourth-order valence-corrected chi connectivity index (χ4v) is 2.83. The smallest absolute Gasteiger partial charge is 0.224 e. The summed E-state index contributed by atoms with van der Waals surface area (Å²) >= 11 is 0. The van der Waals surface area contributed by atoms with Crippen molar-refractivity contribution < 1.29 is 4.79 Å². The van der Waals surface area contributed by atoms with Gasteiger partial charge in [-0.15, -0.1) is 0 Å². The first-order valence-corrected chi connectivity index (χ1v) is 7.80. The minimum absolute atomic E-state index is 0.0916. The number of nitrogens with two attached hydrogens (primary N) is 1. The summed E-state index contributed by atoms with van der Waals surface area (Å²) in [6.07, 6.45) is 2.76. The molecule has 1 fully saturated rings. The number of anilines is 1. The van der Waals surface area contributed by atoms with Gasteiger partial charge in [0.15, 0.2) is 0 Å². The highest BCUT2D eigenvalue weighted by Gasteiger charge is 2.28. The molecule has 1 amide bonds. The molecule has 116 valence electrons. The zero-order valence-corrected chi connectivity index (χ0v) is 13.2. The van der Waals surface area contributed by atoms with Crippen LogP contribution in [0.4, 0.5) is 5.69 Å². The number of nitrogens with zero attached hydrogens (tertiary/aromatic N) is 1. The molecule has 0 bridgehead atoms. The molecule has 0 aliphatic carbocycles. The van der Waals surface area contributed by atoms with Crippen molar-refractivity contribution in [3.8, 4) is 0 Å². The van der Waals surface area contributed by atoms with E-state index in [2.05, 4.69) is 24.1 Å². The van der Waals surface area contributed by atoms with Gasteiger partial charge in [-0.05, 0) is 49.0 Å². The lowest BCUT2D eigenvalue weighted by molar-refractivity contribution is -0.116. The number of carbonyl (C=O) groups is 1. The van der Waals surface area contributed by atoms with Gasteiger partial charge in [-0.25, -0.2) is 0 Å². The largest absolute Gasteiger partial charge is 0.326 e. The first-order chi connectivity index (χ1) is 9.98. The Kier molecular flexibility index (Phi) is 5.37. The van der Waals surface area contributed by atoms with Crippen LogP contribution in [0.1, 0.15) is 38.7 Å². The second kappa shape index (κ2) is 7.05. The van der Waals surface area contributed by atoms with Crippen LogP contribution in [0.15, 0.2) is 24.3 Å². The predicted molar refractivity (Wildman–Crippen MR) is 87.0 cm³/mol. The molecule has 1 aliphatic heterocycles. The summed E-state index contributed by atoms with van der Waals surface area (Å²) in [5.41, 5.74) is 7.91. The molecule has 1 aromatic carbocycles. The predicted octanol–water partition coefficient (Wildman–Crippen LogP) is 2.60. The molecule has 1 heterocycles. The number of hydrogen-bond acceptors (Lipinski definition) is 3. The average molecular weight is 289 g/mol. The van der Waals surface area contributed by atoms with E-state index in [-0.39, 0.29) is 5.91 Å². The third-order valence-electron chi connectivity index (χ3n) is 4.11. The van der Waals surface area contributed by atoms with Gasteiger partial charge in [-0.1, -0.05) is 26.0 Å². The zero-order valence-electron chi connectivity index (χ0n) is 13.2. The second-order valence-electron chi connectivity index (χ2n) is 6.74. The lowest BCUT2D eigenvalue weighted by Crippen LogP contribution is -2.25. The van der Waals surface area contributed by atoms with Crippen LogP contribution in [-0.2, 0) is 11.3 Å². The molecular weight excluding hydrogens is 262 g/mol. The summed E-state index contributed by atoms with van der Waals surface area (Å²) in [6, 6.07) is 7.70. The van der Waals surface area contributed by atoms with E-state index in [1.807, 2.05) is 24.3 Å². The van der Waals surface area contributed by atoms with E-state index in [0.717, 1.165) is 37.3 Å². The van der Waals surface area contributed by atoms with E-state index in [1.165, 1.54) is 6.42 Å². The van der Waals surface area contributed by atoms with Crippen LogP contribution in [0.5, 0.6) is 0 Å². The molecule has 1 aliphatic rings. The summed E-state index contributed by atoms with van der Waals surface area (Å²) < 4.78 is 0. The Hall–Kier alpha value is -1.39. The molecule has 2 rings (SSSR count). The van der Waals surface area contributed by atoms with Crippen LogP contribution in [0.25, 0.3) is 0 Å². The first-order valence-electron chi connectivity index (χ1n) is 7.80. The van der Waals surface area contributed by atoms with Gasteiger partial charge < -0.3 is 16.0 Å². The molecule has 4 heteroatoms. The Labute approximate surface area is 127 Å². The lowest BCUT2D eigenvalue weighted by Gasteiger charge is -2.19. The van der Waals surface area contributed by atoms with Crippen molar-refractivity contribution in [3.05, 3.63) is 29.8 Å². The topological polar surface area (TPSA) is 58.4 Å². The van der Waals surface area contributed by atoms with Crippen LogP contribution in [0, 0.1) is 5.41 Å². The molecule has 4 nitrogen and oxygen atoms in total. The molecular formula is C17H27N3O. The van der Waals surface area contributed by atoms with Gasteiger partial charge in [0.25, 0.3) is 0 Å². The Bertz CT molecular complexity index is 467. The summed E-state index contributed by atoms with van der Waals surface area (Å²) in [5.74, 6) is 0.0916. The van der Waals surface area contributed by atoms with E-state index >= 15 is 0 Å². The second-order valence-corrected chi connectivity index (χ2v) is 6.74. The van der Waals surface area contributed by atoms with Crippen molar-refractivity contribution in [3.63, 3.8) is 0 Å². The zero-order chi connectivity index (χ0) is 15.3. The minimum atomic E-state index is 0.0916. The molecule has 0 aromatic heterocycles. The molecule has 21 heavy (non-hydrogen) atoms. The Morgan fingerprint density at radius 2 is 2.05 bits per heavy atom. The van der Waals surface area contributed by atoms with Gasteiger partial charge in [0.05, 0.1) is 0 Å². The molecule has 0 unspecified atom stereocenters. The van der Waals surface area contributed by atoms with E-state index in [4.69, 9.17) is 5.73 Å². The fourth-order valence-electron chi connectivity index (χ4n) is 2.83. The minimum Gasteiger partial charge on any atom is -0.326 e. The number of amides is 1. The summed E-state index contributed by atoms with van der Waals surface area (Å²) in [6.45, 7) is 8.48. The van der Waals surface area contributed by atoms with Gasteiger partial charge >= 0.3 is 0 Å². The molecule has 0 saturated carbocycles. The van der Waals surface area contributed by atoms with Crippen molar-refractivity contribution in [2.75, 3.05) is 25.0 Å². The third kappa shape index (κ3) is 5.14. The first kappa shape index (κ1) is 16.0. The Morgan fingerprint density at radius 3 is 2.62 bits per heavy atom. The van der Waals surface area contributed by atoms with Crippen LogP contribution in [-0.4, -0.2) is 30.4 Å². The number of hydrogen-bond donors (Lipinski definition) is 2. The SMILES string of the molecule is CC1(C)CCN(CCCC(=O)Nc2ccc(CN)cc2)C1. The standard InChI is InChI=1S/C17H27N3O/c1-17(2)9-11-20(13-17)10-3-4-16(21)19-15-7-5-14(12-18)6-8-15/h5-8H,3-4,9-13,18H2,1-2H3,(H,19,21). The van der Waals surface area contributed by atoms with Crippen molar-refractivity contribution in [1.29, 1.82) is 0 Å². The maximum Gasteiger partial charge on any atom is 0.224 e. The summed E-state index contributed by atoms with van der Waals surface area (Å²) in [4.78, 5) is 14.4. The molecule has 1 aromatic rings. The van der Waals surface area contributed by atoms with Crippen molar-refractivity contribution in [2.45, 2.75) is 39.7 Å². The average Bonchev–Trinajstić information content (AvgIpc) is 2.79. The van der Waals surface area contributed by atoms with Gasteiger partial charge in [0.1, 0.15) is 0 Å². The van der Waals surface area contributed by atoms with Gasteiger partial charge in [0, 0.05) is 25.2 Å². The monoisotopic (exact) mass is 289 g/mol. The number of nitrogens with one attached hydrogen (secondary N) is 1. The fraction of sp³-hybridized carbons (Fsp3) is 0.588. The quantitative estimate of drug-likeness (QED) is 0.846. The highest BCUT2D eigenvalue weighted by Crippen LogP contribution is 2.28. The lowest BCUT2D eigenvalue weighted by atomic mass is 9.93. The highest BCUT2D eigenvalue weighted by molar-refractivity contribution is 5.90. The maximum atomic E-state index is 11.9. The van der Waals surface area contributed by atoms with Crippen molar-refractivity contribution >= 4 is 11.6 Å². The number of likely N-dealkylation sites (tertiary alicyclic amines) is 1. The van der Waals surface area contributed by atoms with E-state index in [0.29, 0.717) is 18.4 Å². The highest BCUT2D eigenvalue weighted by atomic mass is 16.1. The van der Waals surface area contributed by atoms with Gasteiger partial charge in [0.2, 0.25) is 5.91 Å². The molecule has 0 atom stereocenters. The number of carbonyl (C=O) groups excluding carboxylic acids is 1. The Balaban J connectivity index is 1.67. The van der Waals surface area contributed by atoms with Gasteiger partial charge in [-0.2, -0.15) is 0 Å². The van der Waals surface area contributed by atoms with E-state index in [1.54, 1.807) is 0 Å².